The number of aromatic nitrogens is 3. The Kier molecular flexibility index (Phi) is 5.39. The van der Waals surface area contributed by atoms with Crippen molar-refractivity contribution in [1.29, 1.82) is 0 Å². The van der Waals surface area contributed by atoms with E-state index in [9.17, 15) is 9.18 Å². The first-order valence-electron chi connectivity index (χ1n) is 10.1. The zero-order valence-corrected chi connectivity index (χ0v) is 17.5. The third-order valence-corrected chi connectivity index (χ3v) is 5.71. The molecule has 1 amide bonds. The van der Waals surface area contributed by atoms with Crippen LogP contribution in [-0.4, -0.2) is 44.2 Å². The molecule has 0 unspecified atom stereocenters. The van der Waals surface area contributed by atoms with Gasteiger partial charge in [-0.05, 0) is 62.6 Å². The molecular formula is C23H26FN5O. The molecule has 1 N–H and O–H groups in total. The average Bonchev–Trinajstić information content (AvgIpc) is 3.14. The number of carbonyl (C=O) groups is 1. The molecule has 0 saturated carbocycles. The zero-order valence-electron chi connectivity index (χ0n) is 17.5. The molecule has 7 heteroatoms. The lowest BCUT2D eigenvalue weighted by Gasteiger charge is -2.41. The van der Waals surface area contributed by atoms with Gasteiger partial charge in [-0.3, -0.25) is 9.69 Å². The maximum atomic E-state index is 13.2. The van der Waals surface area contributed by atoms with Crippen LogP contribution < -0.4 is 5.32 Å². The molecule has 6 nitrogen and oxygen atoms in total. The van der Waals surface area contributed by atoms with Gasteiger partial charge in [0.15, 0.2) is 0 Å². The molecule has 0 saturated heterocycles. The Balaban J connectivity index is 1.42. The minimum absolute atomic E-state index is 0.108. The van der Waals surface area contributed by atoms with E-state index in [0.29, 0.717) is 18.1 Å². The van der Waals surface area contributed by atoms with Crippen LogP contribution in [0.25, 0.3) is 5.69 Å². The van der Waals surface area contributed by atoms with E-state index >= 15 is 0 Å². The fourth-order valence-electron chi connectivity index (χ4n) is 3.81. The second kappa shape index (κ2) is 7.99. The number of nitrogens with zero attached hydrogens (tertiary/aromatic N) is 4. The molecule has 1 aliphatic rings. The predicted molar refractivity (Wildman–Crippen MR) is 113 cm³/mol. The lowest BCUT2D eigenvalue weighted by molar-refractivity contribution is 0.0818. The smallest absolute Gasteiger partial charge is 0.291 e. The molecule has 0 bridgehead atoms. The Labute approximate surface area is 175 Å². The standard InChI is InChI=1S/C23H26FN5O/c1-16-26-21(27-29(16)20-10-8-19(24)9-11-20)22(30)25-15-23(2,3)28-13-12-17-6-4-5-7-18(17)14-28/h4-11H,12-15H2,1-3H3,(H,25,30). The summed E-state index contributed by atoms with van der Waals surface area (Å²) < 4.78 is 14.7. The Morgan fingerprint density at radius 2 is 1.83 bits per heavy atom. The minimum Gasteiger partial charge on any atom is -0.347 e. The topological polar surface area (TPSA) is 63.1 Å². The second-order valence-corrected chi connectivity index (χ2v) is 8.31. The van der Waals surface area contributed by atoms with Crippen LogP contribution >= 0.6 is 0 Å². The van der Waals surface area contributed by atoms with Gasteiger partial charge in [-0.15, -0.1) is 5.10 Å². The number of benzene rings is 2. The Bertz CT molecular complexity index is 1060. The van der Waals surface area contributed by atoms with Crippen LogP contribution in [-0.2, 0) is 13.0 Å². The number of aryl methyl sites for hydroxylation is 1. The summed E-state index contributed by atoms with van der Waals surface area (Å²) in [6, 6.07) is 14.4. The number of rotatable bonds is 5. The summed E-state index contributed by atoms with van der Waals surface area (Å²) in [5.41, 5.74) is 3.20. The molecule has 1 aromatic heterocycles. The molecule has 30 heavy (non-hydrogen) atoms. The summed E-state index contributed by atoms with van der Waals surface area (Å²) in [5, 5.41) is 7.29. The monoisotopic (exact) mass is 407 g/mol. The van der Waals surface area contributed by atoms with Gasteiger partial charge in [0.25, 0.3) is 5.91 Å². The summed E-state index contributed by atoms with van der Waals surface area (Å²) in [6.07, 6.45) is 1.01. The molecule has 3 aromatic rings. The number of fused-ring (bicyclic) bond motifs is 1. The van der Waals surface area contributed by atoms with Crippen molar-refractivity contribution in [3.63, 3.8) is 0 Å². The molecule has 0 fully saturated rings. The van der Waals surface area contributed by atoms with Crippen LogP contribution in [0.15, 0.2) is 48.5 Å². The second-order valence-electron chi connectivity index (χ2n) is 8.31. The summed E-state index contributed by atoms with van der Waals surface area (Å²) >= 11 is 0. The molecular weight excluding hydrogens is 381 g/mol. The van der Waals surface area contributed by atoms with Crippen molar-refractivity contribution in [2.24, 2.45) is 0 Å². The molecule has 0 radical (unpaired) electrons. The number of amides is 1. The van der Waals surface area contributed by atoms with Crippen molar-refractivity contribution in [2.75, 3.05) is 13.1 Å². The van der Waals surface area contributed by atoms with E-state index in [1.54, 1.807) is 23.7 Å². The van der Waals surface area contributed by atoms with E-state index < -0.39 is 0 Å². The van der Waals surface area contributed by atoms with Gasteiger partial charge in [-0.2, -0.15) is 0 Å². The first kappa shape index (κ1) is 20.2. The van der Waals surface area contributed by atoms with E-state index in [1.807, 2.05) is 0 Å². The highest BCUT2D eigenvalue weighted by Crippen LogP contribution is 2.25. The SMILES string of the molecule is Cc1nc(C(=O)NCC(C)(C)N2CCc3ccccc3C2)nn1-c1ccc(F)cc1. The van der Waals surface area contributed by atoms with Crippen molar-refractivity contribution in [3.8, 4) is 5.69 Å². The van der Waals surface area contributed by atoms with E-state index in [0.717, 1.165) is 19.5 Å². The molecule has 2 aromatic carbocycles. The molecule has 0 atom stereocenters. The highest BCUT2D eigenvalue weighted by Gasteiger charge is 2.30. The molecule has 2 heterocycles. The van der Waals surface area contributed by atoms with Gasteiger partial charge in [0.2, 0.25) is 5.82 Å². The Morgan fingerprint density at radius 3 is 2.57 bits per heavy atom. The van der Waals surface area contributed by atoms with Crippen molar-refractivity contribution in [2.45, 2.75) is 39.3 Å². The van der Waals surface area contributed by atoms with Crippen LogP contribution in [0.4, 0.5) is 4.39 Å². The molecule has 1 aliphatic heterocycles. The van der Waals surface area contributed by atoms with Crippen LogP contribution in [0, 0.1) is 12.7 Å². The van der Waals surface area contributed by atoms with E-state index in [1.165, 1.54) is 23.3 Å². The normalized spacial score (nSPS) is 14.4. The molecule has 4 rings (SSSR count). The van der Waals surface area contributed by atoms with E-state index in [2.05, 4.69) is 58.4 Å². The number of hydrogen-bond donors (Lipinski definition) is 1. The van der Waals surface area contributed by atoms with Crippen molar-refractivity contribution < 1.29 is 9.18 Å². The van der Waals surface area contributed by atoms with Crippen LogP contribution in [0.1, 0.15) is 41.4 Å². The quantitative estimate of drug-likeness (QED) is 0.705. The predicted octanol–water partition coefficient (Wildman–Crippen LogP) is 3.28. The van der Waals surface area contributed by atoms with Crippen molar-refractivity contribution >= 4 is 5.91 Å². The van der Waals surface area contributed by atoms with Crippen molar-refractivity contribution in [1.82, 2.24) is 25.0 Å². The molecule has 156 valence electrons. The van der Waals surface area contributed by atoms with Crippen LogP contribution in [0.3, 0.4) is 0 Å². The fourth-order valence-corrected chi connectivity index (χ4v) is 3.81. The summed E-state index contributed by atoms with van der Waals surface area (Å²) in [5.74, 6) is 0.0387. The minimum atomic E-state index is -0.322. The van der Waals surface area contributed by atoms with Gasteiger partial charge >= 0.3 is 0 Å². The lowest BCUT2D eigenvalue weighted by atomic mass is 9.94. The van der Waals surface area contributed by atoms with Crippen LogP contribution in [0.5, 0.6) is 0 Å². The van der Waals surface area contributed by atoms with E-state index in [4.69, 9.17) is 0 Å². The fraction of sp³-hybridized carbons (Fsp3) is 0.348. The van der Waals surface area contributed by atoms with Gasteiger partial charge < -0.3 is 5.32 Å². The highest BCUT2D eigenvalue weighted by molar-refractivity contribution is 5.90. The third-order valence-electron chi connectivity index (χ3n) is 5.71. The van der Waals surface area contributed by atoms with Gasteiger partial charge in [0.1, 0.15) is 11.6 Å². The Morgan fingerprint density at radius 1 is 1.13 bits per heavy atom. The molecule has 0 spiro atoms. The number of carbonyl (C=O) groups excluding carboxylic acids is 1. The van der Waals surface area contributed by atoms with Gasteiger partial charge in [-0.25, -0.2) is 14.1 Å². The van der Waals surface area contributed by atoms with Crippen LogP contribution in [0.2, 0.25) is 0 Å². The van der Waals surface area contributed by atoms with Gasteiger partial charge in [0.05, 0.1) is 5.69 Å². The maximum Gasteiger partial charge on any atom is 0.291 e. The van der Waals surface area contributed by atoms with Gasteiger partial charge in [0, 0.05) is 25.2 Å². The lowest BCUT2D eigenvalue weighted by Crippen LogP contribution is -2.53. The number of nitrogens with one attached hydrogen (secondary N) is 1. The average molecular weight is 407 g/mol. The third kappa shape index (κ3) is 4.11. The zero-order chi connectivity index (χ0) is 21.3. The number of hydrogen-bond acceptors (Lipinski definition) is 4. The summed E-state index contributed by atoms with van der Waals surface area (Å²) in [7, 11) is 0. The first-order valence-corrected chi connectivity index (χ1v) is 10.1. The highest BCUT2D eigenvalue weighted by atomic mass is 19.1. The van der Waals surface area contributed by atoms with Gasteiger partial charge in [-0.1, -0.05) is 24.3 Å². The number of halogens is 1. The molecule has 0 aliphatic carbocycles. The largest absolute Gasteiger partial charge is 0.347 e. The summed E-state index contributed by atoms with van der Waals surface area (Å²) in [6.45, 7) is 8.35. The van der Waals surface area contributed by atoms with E-state index in [-0.39, 0.29) is 23.1 Å². The Hall–Kier alpha value is -3.06. The maximum absolute atomic E-state index is 13.2. The first-order chi connectivity index (χ1) is 14.3. The summed E-state index contributed by atoms with van der Waals surface area (Å²) in [4.78, 5) is 19.4. The van der Waals surface area contributed by atoms with Crippen molar-refractivity contribution in [3.05, 3.63) is 77.1 Å².